The van der Waals surface area contributed by atoms with Gasteiger partial charge in [0, 0.05) is 133 Å². The van der Waals surface area contributed by atoms with Gasteiger partial charge in [-0.2, -0.15) is 0 Å². The minimum Gasteiger partial charge on any atom is -0.550 e. The fourth-order valence-electron chi connectivity index (χ4n) is 17.9. The molecule has 0 aliphatic carbocycles. The first-order chi connectivity index (χ1) is 57.4. The first-order valence-electron chi connectivity index (χ1n) is 46.2. The predicted octanol–water partition coefficient (Wildman–Crippen LogP) is 17.2. The van der Waals surface area contributed by atoms with Crippen molar-refractivity contribution in [3.05, 3.63) is 60.7 Å². The number of hydrogen-bond acceptors (Lipinski definition) is 30. The van der Waals surface area contributed by atoms with E-state index in [0.717, 1.165) is 25.2 Å². The van der Waals surface area contributed by atoms with Crippen LogP contribution in [0.15, 0.2) is 60.7 Å². The normalized spacial score (nSPS) is 36.3. The molecule has 12 saturated heterocycles. The van der Waals surface area contributed by atoms with Crippen LogP contribution in [-0.4, -0.2) is 166 Å². The molecule has 0 spiro atoms. The van der Waals surface area contributed by atoms with Crippen LogP contribution in [0, 0.1) is 82.9 Å². The van der Waals surface area contributed by atoms with Gasteiger partial charge in [-0.1, -0.05) is 230 Å². The average Bonchev–Trinajstić information content (AvgIpc) is 0.688. The molecule has 125 heavy (non-hydrogen) atoms. The zero-order valence-electron chi connectivity index (χ0n) is 80.7. The van der Waals surface area contributed by atoms with Crippen molar-refractivity contribution in [1.82, 2.24) is 0 Å². The van der Waals surface area contributed by atoms with Crippen LogP contribution < -0.4 is 20.8 Å². The molecular weight excluding hydrogens is 1970 g/mol. The SMILES string of the molecule is CC(=O)[O-].CC(=O)[O-].CC(C)C[Si]12O[Si]3(CCCNc4ccccc4)O[Si]4(CC(C)C)O[Si](CC(C)C)(O1)O[Si]1(CC(C)C)O[Si](CC(C)C)(O2)O[Si](CC(C)C)(O3)O[Si](CC(C)C)(O4)O1.CC(C)C[Si]12O[Si]3(CCCNc4ccccc4)O[Si]4(CC(C)C)O[Si](CC(C)C)(O1)O[Si]1(CC(C)C)O[Si](CC(C)C)(O2)O[Si](CC(C)C)(O3)O[Si](CC(C)C)(O4)O1.[Pd+2]. The van der Waals surface area contributed by atoms with Gasteiger partial charge in [-0.25, -0.2) is 0 Å². The smallest absolute Gasteiger partial charge is 0.550 e. The third-order valence-electron chi connectivity index (χ3n) is 20.2. The second-order valence-corrected chi connectivity index (χ2v) is 89.7. The van der Waals surface area contributed by atoms with Crippen LogP contribution in [0.25, 0.3) is 0 Å². The first kappa shape index (κ1) is 110. The summed E-state index contributed by atoms with van der Waals surface area (Å²) in [6, 6.07) is 28.3. The third-order valence-corrected chi connectivity index (χ3v) is 100. The Morgan fingerprint density at radius 1 is 0.224 bits per heavy atom. The summed E-state index contributed by atoms with van der Waals surface area (Å²) < 4.78 is 188. The van der Waals surface area contributed by atoms with Crippen molar-refractivity contribution in [1.29, 1.82) is 0 Å². The molecule has 12 aliphatic rings. The molecule has 16 bridgehead atoms. The van der Waals surface area contributed by atoms with Gasteiger partial charge in [0.15, 0.2) is 0 Å². The molecule has 12 heterocycles. The number of carboxylic acid groups (broad SMARTS) is 2. The van der Waals surface area contributed by atoms with E-state index in [9.17, 15) is 0 Å². The van der Waals surface area contributed by atoms with Gasteiger partial charge in [-0.05, 0) is 134 Å². The number of anilines is 2. The molecule has 2 aromatic carbocycles. The second-order valence-electron chi connectivity index (χ2n) is 41.5. The van der Waals surface area contributed by atoms with Crippen molar-refractivity contribution in [2.45, 2.75) is 317 Å². The molecule has 12 aliphatic heterocycles. The van der Waals surface area contributed by atoms with Crippen LogP contribution in [0.1, 0.15) is 221 Å². The second kappa shape index (κ2) is 44.3. The van der Waals surface area contributed by atoms with Crippen molar-refractivity contribution in [2.75, 3.05) is 23.7 Å². The standard InChI is InChI=1S/2C37H75NO12Si8.2C2H4O2.Pd/c2*1-30(2)23-52-39-51(22-18-21-38-37-19-16-15-17-20-37)40-53(24-31(3)4)44-55(42-52,26-33(7)8)48-58(29-36(13)14)49-56(43-52,27-34(9)10)45-54(41-51,25-32(5)6)47-57(46-53,50-58)28-35(11)12;2*1-2(3)4;/h2*15-17,19-20,30-36,38H,18,21-29H2,1-14H3;2*1H3,(H,3,4);/q;;;;+2/p-2. The van der Waals surface area contributed by atoms with E-state index < -0.39 is 153 Å². The van der Waals surface area contributed by atoms with E-state index >= 15 is 0 Å². The van der Waals surface area contributed by atoms with Crippen LogP contribution in [0.4, 0.5) is 11.4 Å². The summed E-state index contributed by atoms with van der Waals surface area (Å²) >= 11 is 0. The Kier molecular flexibility index (Phi) is 39.2. The van der Waals surface area contributed by atoms with Gasteiger partial charge >= 0.3 is 161 Å². The molecule has 14 rings (SSSR count). The summed E-state index contributed by atoms with van der Waals surface area (Å²) in [6.45, 7) is 64.3. The molecule has 0 atom stereocenters. The number of aliphatic carboxylic acids is 2. The van der Waals surface area contributed by atoms with E-state index in [1.165, 1.54) is 0 Å². The topological polar surface area (TPSA) is 326 Å². The van der Waals surface area contributed by atoms with Crippen molar-refractivity contribution in [3.8, 4) is 0 Å². The van der Waals surface area contributed by atoms with E-state index in [2.05, 4.69) is 229 Å². The Bertz CT molecular complexity index is 3190. The number of carbonyl (C=O) groups excluding carboxylic acids is 2. The number of carboxylic acids is 2. The summed E-state index contributed by atoms with van der Waals surface area (Å²) in [7, 11) is -62.7. The largest absolute Gasteiger partial charge is 2.00 e. The van der Waals surface area contributed by atoms with Crippen LogP contribution in [-0.2, 0) is 129 Å². The van der Waals surface area contributed by atoms with Crippen LogP contribution >= 0.6 is 0 Å². The van der Waals surface area contributed by atoms with Gasteiger partial charge in [-0.15, -0.1) is 0 Å². The Labute approximate surface area is 781 Å². The van der Waals surface area contributed by atoms with E-state index in [0.29, 0.717) is 123 Å². The van der Waals surface area contributed by atoms with Gasteiger partial charge in [0.2, 0.25) is 0 Å². The molecule has 0 unspecified atom stereocenters. The van der Waals surface area contributed by atoms with Gasteiger partial charge in [-0.3, -0.25) is 0 Å². The van der Waals surface area contributed by atoms with Crippen LogP contribution in [0.2, 0.25) is 96.7 Å². The van der Waals surface area contributed by atoms with Gasteiger partial charge in [0.25, 0.3) is 0 Å². The number of benzene rings is 2. The minimum atomic E-state index is -3.97. The quantitative estimate of drug-likeness (QED) is 0.0466. The number of carbonyl (C=O) groups is 2. The number of nitrogens with one attached hydrogen (secondary N) is 2. The van der Waals surface area contributed by atoms with Crippen molar-refractivity contribution in [3.63, 3.8) is 0 Å². The monoisotopic (exact) mass is 2120 g/mol. The van der Waals surface area contributed by atoms with Crippen molar-refractivity contribution >= 4 is 164 Å². The Morgan fingerprint density at radius 3 is 0.432 bits per heavy atom. The fraction of sp³-hybridized carbons (Fsp3) is 0.821. The Balaban J connectivity index is 0.000000283. The summed E-state index contributed by atoms with van der Waals surface area (Å²) in [6.07, 6.45) is 1.36. The summed E-state index contributed by atoms with van der Waals surface area (Å²) in [5, 5.41) is 25.0. The molecule has 47 heteroatoms. The van der Waals surface area contributed by atoms with E-state index in [1.54, 1.807) is 0 Å². The predicted molar refractivity (Wildman–Crippen MR) is 503 cm³/mol. The number of para-hydroxylation sites is 2. The van der Waals surface area contributed by atoms with Crippen LogP contribution in [0.3, 0.4) is 0 Å². The molecule has 0 aromatic heterocycles. The molecule has 0 amide bonds. The van der Waals surface area contributed by atoms with Gasteiger partial charge in [0.1, 0.15) is 0 Å². The summed E-state index contributed by atoms with van der Waals surface area (Å²) in [4.78, 5) is 17.8. The molecular formula is C78H156N2O28PdSi16. The van der Waals surface area contributed by atoms with Crippen molar-refractivity contribution in [2.24, 2.45) is 82.9 Å². The maximum Gasteiger partial charge on any atom is 2.00 e. The van der Waals surface area contributed by atoms with E-state index in [4.69, 9.17) is 119 Å². The zero-order valence-corrected chi connectivity index (χ0v) is 98.3. The first-order valence-corrected chi connectivity index (χ1v) is 77.1. The fourth-order valence-corrected chi connectivity index (χ4v) is 121. The maximum absolute atomic E-state index is 8.89. The molecule has 720 valence electrons. The number of rotatable bonds is 38. The molecule has 2 N–H and O–H groups in total. The third kappa shape index (κ3) is 30.6. The number of hydrogen-bond donors (Lipinski definition) is 2. The van der Waals surface area contributed by atoms with E-state index in [-0.39, 0.29) is 103 Å². The molecule has 12 fully saturated rings. The van der Waals surface area contributed by atoms with Crippen LogP contribution in [0.5, 0.6) is 0 Å². The Morgan fingerprint density at radius 2 is 0.328 bits per heavy atom. The van der Waals surface area contributed by atoms with Crippen molar-refractivity contribution < 1.29 is 139 Å². The molecule has 30 nitrogen and oxygen atoms in total. The maximum atomic E-state index is 8.89. The molecule has 0 saturated carbocycles. The molecule has 2 aromatic rings. The van der Waals surface area contributed by atoms with Gasteiger partial charge in [0.05, 0.1) is 0 Å². The summed E-state index contributed by atoms with van der Waals surface area (Å²) in [5.41, 5.74) is 2.09. The molecule has 0 radical (unpaired) electrons. The minimum absolute atomic E-state index is 0. The van der Waals surface area contributed by atoms with Gasteiger partial charge < -0.3 is 129 Å². The van der Waals surface area contributed by atoms with E-state index in [1.807, 2.05) is 36.4 Å². The average molecular weight is 2130 g/mol. The summed E-state index contributed by atoms with van der Waals surface area (Å²) in [5.74, 6) is -0.395. The zero-order chi connectivity index (χ0) is 92.0. The Hall–Kier alpha value is 0.152.